The van der Waals surface area contributed by atoms with Gasteiger partial charge in [0.05, 0.1) is 7.11 Å². The number of amides is 2. The number of aromatic nitrogens is 1. The van der Waals surface area contributed by atoms with Crippen LogP contribution in [0.1, 0.15) is 26.5 Å². The lowest BCUT2D eigenvalue weighted by molar-refractivity contribution is 0.0945. The number of rotatable bonds is 6. The van der Waals surface area contributed by atoms with E-state index in [1.807, 2.05) is 0 Å². The molecule has 2 N–H and O–H groups in total. The van der Waals surface area contributed by atoms with Crippen LogP contribution in [0.2, 0.25) is 0 Å². The van der Waals surface area contributed by atoms with Crippen LogP contribution in [0.15, 0.2) is 66.7 Å². The van der Waals surface area contributed by atoms with Gasteiger partial charge in [-0.15, -0.1) is 0 Å². The van der Waals surface area contributed by atoms with Crippen molar-refractivity contribution in [3.63, 3.8) is 0 Å². The second kappa shape index (κ2) is 8.77. The van der Waals surface area contributed by atoms with E-state index in [-0.39, 0.29) is 23.7 Å². The second-order valence-corrected chi connectivity index (χ2v) is 5.90. The van der Waals surface area contributed by atoms with Gasteiger partial charge in [0.2, 0.25) is 0 Å². The third-order valence-corrected chi connectivity index (χ3v) is 3.93. The molecular weight excluding hydrogens is 361 g/mol. The Labute approximate surface area is 161 Å². The fraction of sp³-hybridized carbons (Fsp3) is 0.0952. The lowest BCUT2D eigenvalue weighted by atomic mass is 10.2. The zero-order valence-electron chi connectivity index (χ0n) is 15.1. The fourth-order valence-corrected chi connectivity index (χ4v) is 2.43. The van der Waals surface area contributed by atoms with Crippen molar-refractivity contribution in [1.29, 1.82) is 0 Å². The van der Waals surface area contributed by atoms with Crippen LogP contribution in [-0.4, -0.2) is 23.9 Å². The number of hydrogen-bond acceptors (Lipinski definition) is 4. The van der Waals surface area contributed by atoms with Crippen molar-refractivity contribution < 1.29 is 18.7 Å². The summed E-state index contributed by atoms with van der Waals surface area (Å²) in [5, 5.41) is 5.41. The standard InChI is InChI=1S/C21H18FN3O3/c1-28-17-11-9-16(10-12-17)24-21(27)19-4-2-3-18(25-19)20(26)23-13-14-5-7-15(22)8-6-14/h2-12H,13H2,1H3,(H,23,26)(H,24,27). The average molecular weight is 379 g/mol. The summed E-state index contributed by atoms with van der Waals surface area (Å²) in [5.74, 6) is -0.523. The summed E-state index contributed by atoms with van der Waals surface area (Å²) in [6.07, 6.45) is 0. The topological polar surface area (TPSA) is 80.3 Å². The Morgan fingerprint density at radius 3 is 2.21 bits per heavy atom. The molecule has 2 aromatic carbocycles. The smallest absolute Gasteiger partial charge is 0.274 e. The molecule has 1 aromatic heterocycles. The van der Waals surface area contributed by atoms with Crippen molar-refractivity contribution in [2.24, 2.45) is 0 Å². The molecule has 0 aliphatic heterocycles. The van der Waals surface area contributed by atoms with Gasteiger partial charge >= 0.3 is 0 Å². The number of hydrogen-bond donors (Lipinski definition) is 2. The van der Waals surface area contributed by atoms with Crippen molar-refractivity contribution in [2.45, 2.75) is 6.54 Å². The van der Waals surface area contributed by atoms with E-state index in [1.165, 1.54) is 24.3 Å². The van der Waals surface area contributed by atoms with Gasteiger partial charge in [-0.25, -0.2) is 9.37 Å². The highest BCUT2D eigenvalue weighted by Gasteiger charge is 2.12. The zero-order chi connectivity index (χ0) is 19.9. The summed E-state index contributed by atoms with van der Waals surface area (Å²) >= 11 is 0. The Balaban J connectivity index is 1.64. The molecule has 0 aliphatic carbocycles. The summed E-state index contributed by atoms with van der Waals surface area (Å²) < 4.78 is 18.0. The molecule has 6 nitrogen and oxygen atoms in total. The molecule has 3 aromatic rings. The van der Waals surface area contributed by atoms with Crippen LogP contribution in [0, 0.1) is 5.82 Å². The minimum absolute atomic E-state index is 0.115. The fourth-order valence-electron chi connectivity index (χ4n) is 2.43. The highest BCUT2D eigenvalue weighted by Crippen LogP contribution is 2.15. The van der Waals surface area contributed by atoms with Crippen LogP contribution in [0.25, 0.3) is 0 Å². The van der Waals surface area contributed by atoms with Crippen LogP contribution in [0.3, 0.4) is 0 Å². The van der Waals surface area contributed by atoms with E-state index in [2.05, 4.69) is 15.6 Å². The normalized spacial score (nSPS) is 10.2. The number of benzene rings is 2. The summed E-state index contributed by atoms with van der Waals surface area (Å²) in [6, 6.07) is 17.3. The number of methoxy groups -OCH3 is 1. The van der Waals surface area contributed by atoms with E-state index in [4.69, 9.17) is 4.74 Å². The lowest BCUT2D eigenvalue weighted by Crippen LogP contribution is -2.25. The monoisotopic (exact) mass is 379 g/mol. The molecule has 0 spiro atoms. The molecule has 0 saturated heterocycles. The highest BCUT2D eigenvalue weighted by atomic mass is 19.1. The number of halogens is 1. The van der Waals surface area contributed by atoms with Gasteiger partial charge in [-0.3, -0.25) is 9.59 Å². The van der Waals surface area contributed by atoms with Gasteiger partial charge in [-0.05, 0) is 54.1 Å². The first-order valence-electron chi connectivity index (χ1n) is 8.50. The molecule has 0 bridgehead atoms. The van der Waals surface area contributed by atoms with Gasteiger partial charge in [0, 0.05) is 12.2 Å². The van der Waals surface area contributed by atoms with Gasteiger partial charge in [-0.1, -0.05) is 18.2 Å². The Hall–Kier alpha value is -3.74. The molecule has 0 atom stereocenters. The molecule has 142 valence electrons. The Kier molecular flexibility index (Phi) is 5.96. The maximum Gasteiger partial charge on any atom is 0.274 e. The molecule has 2 amide bonds. The van der Waals surface area contributed by atoms with Gasteiger partial charge in [0.25, 0.3) is 11.8 Å². The van der Waals surface area contributed by atoms with Crippen molar-refractivity contribution in [3.8, 4) is 5.75 Å². The SMILES string of the molecule is COc1ccc(NC(=O)c2cccc(C(=O)NCc3ccc(F)cc3)n2)cc1. The number of nitrogens with one attached hydrogen (secondary N) is 2. The number of carbonyl (C=O) groups excluding carboxylic acids is 2. The number of carbonyl (C=O) groups is 2. The van der Waals surface area contributed by atoms with Crippen LogP contribution >= 0.6 is 0 Å². The molecule has 0 fully saturated rings. The lowest BCUT2D eigenvalue weighted by Gasteiger charge is -2.08. The van der Waals surface area contributed by atoms with Crippen molar-refractivity contribution in [1.82, 2.24) is 10.3 Å². The van der Waals surface area contributed by atoms with E-state index >= 15 is 0 Å². The number of ether oxygens (including phenoxy) is 1. The molecular formula is C21H18FN3O3. The molecule has 3 rings (SSSR count). The number of anilines is 1. The predicted molar refractivity (Wildman–Crippen MR) is 103 cm³/mol. The van der Waals surface area contributed by atoms with E-state index in [1.54, 1.807) is 49.6 Å². The molecule has 0 unspecified atom stereocenters. The first-order valence-corrected chi connectivity index (χ1v) is 8.50. The Morgan fingerprint density at radius 1 is 0.929 bits per heavy atom. The van der Waals surface area contributed by atoms with Crippen LogP contribution < -0.4 is 15.4 Å². The quantitative estimate of drug-likeness (QED) is 0.688. The van der Waals surface area contributed by atoms with E-state index < -0.39 is 11.8 Å². The second-order valence-electron chi connectivity index (χ2n) is 5.90. The predicted octanol–water partition coefficient (Wildman–Crippen LogP) is 3.41. The van der Waals surface area contributed by atoms with E-state index in [9.17, 15) is 14.0 Å². The zero-order valence-corrected chi connectivity index (χ0v) is 15.1. The molecule has 0 saturated carbocycles. The number of nitrogens with zero attached hydrogens (tertiary/aromatic N) is 1. The molecule has 0 aliphatic rings. The Morgan fingerprint density at radius 2 is 1.57 bits per heavy atom. The molecule has 1 heterocycles. The van der Waals surface area contributed by atoms with Gasteiger partial charge < -0.3 is 15.4 Å². The summed E-state index contributed by atoms with van der Waals surface area (Å²) in [7, 11) is 1.56. The van der Waals surface area contributed by atoms with Gasteiger partial charge in [0.1, 0.15) is 23.0 Å². The molecule has 7 heteroatoms. The van der Waals surface area contributed by atoms with Crippen LogP contribution in [0.5, 0.6) is 5.75 Å². The molecule has 0 radical (unpaired) electrons. The van der Waals surface area contributed by atoms with Gasteiger partial charge in [-0.2, -0.15) is 0 Å². The van der Waals surface area contributed by atoms with Crippen LogP contribution in [0.4, 0.5) is 10.1 Å². The largest absolute Gasteiger partial charge is 0.497 e. The minimum atomic E-state index is -0.432. The summed E-state index contributed by atoms with van der Waals surface area (Å²) in [4.78, 5) is 28.8. The van der Waals surface area contributed by atoms with E-state index in [0.717, 1.165) is 5.56 Å². The highest BCUT2D eigenvalue weighted by molar-refractivity contribution is 6.03. The molecule has 28 heavy (non-hydrogen) atoms. The van der Waals surface area contributed by atoms with Crippen molar-refractivity contribution in [3.05, 3.63) is 89.5 Å². The maximum atomic E-state index is 12.9. The Bertz CT molecular complexity index is 973. The number of pyridine rings is 1. The van der Waals surface area contributed by atoms with Gasteiger partial charge in [0.15, 0.2) is 0 Å². The third kappa shape index (κ3) is 4.91. The van der Waals surface area contributed by atoms with Crippen molar-refractivity contribution in [2.75, 3.05) is 12.4 Å². The maximum absolute atomic E-state index is 12.9. The first-order chi connectivity index (χ1) is 13.5. The summed E-state index contributed by atoms with van der Waals surface area (Å²) in [6.45, 7) is 0.225. The first kappa shape index (κ1) is 19.0. The van der Waals surface area contributed by atoms with E-state index in [0.29, 0.717) is 11.4 Å². The summed E-state index contributed by atoms with van der Waals surface area (Å²) in [5.41, 5.74) is 1.57. The third-order valence-electron chi connectivity index (χ3n) is 3.93. The average Bonchev–Trinajstić information content (AvgIpc) is 2.73. The minimum Gasteiger partial charge on any atom is -0.497 e. The van der Waals surface area contributed by atoms with Crippen molar-refractivity contribution >= 4 is 17.5 Å². The van der Waals surface area contributed by atoms with Crippen LogP contribution in [-0.2, 0) is 6.54 Å².